The van der Waals surface area contributed by atoms with Crippen molar-refractivity contribution in [2.45, 2.75) is 38.6 Å². The van der Waals surface area contributed by atoms with Crippen LogP contribution in [0, 0.1) is 6.92 Å². The fourth-order valence-electron chi connectivity index (χ4n) is 4.33. The second-order valence-electron chi connectivity index (χ2n) is 8.33. The van der Waals surface area contributed by atoms with E-state index in [1.54, 1.807) is 0 Å². The fourth-order valence-corrected chi connectivity index (χ4v) is 4.33. The van der Waals surface area contributed by atoms with Gasteiger partial charge in [0.1, 0.15) is 0 Å². The maximum atomic E-state index is 13.4. The third-order valence-corrected chi connectivity index (χ3v) is 6.01. The van der Waals surface area contributed by atoms with Gasteiger partial charge in [-0.3, -0.25) is 9.59 Å². The molecule has 1 aliphatic heterocycles. The van der Waals surface area contributed by atoms with Crippen molar-refractivity contribution in [1.29, 1.82) is 0 Å². The molecule has 1 atom stereocenters. The summed E-state index contributed by atoms with van der Waals surface area (Å²) >= 11 is 0. The molecule has 1 heterocycles. The van der Waals surface area contributed by atoms with Gasteiger partial charge in [0.2, 0.25) is 11.8 Å². The van der Waals surface area contributed by atoms with Crippen molar-refractivity contribution in [3.05, 3.63) is 95.1 Å². The molecule has 0 aromatic heterocycles. The van der Waals surface area contributed by atoms with Gasteiger partial charge < -0.3 is 16.0 Å². The molecule has 0 bridgehead atoms. The average Bonchev–Trinajstić information content (AvgIpc) is 3.23. The predicted octanol–water partition coefficient (Wildman–Crippen LogP) is 4.55. The van der Waals surface area contributed by atoms with Crippen molar-refractivity contribution in [2.24, 2.45) is 5.73 Å². The Hall–Kier alpha value is -3.44. The average molecular weight is 428 g/mol. The second-order valence-corrected chi connectivity index (χ2v) is 8.33. The van der Waals surface area contributed by atoms with Crippen LogP contribution in [0.1, 0.15) is 41.0 Å². The number of carbonyl (C=O) groups excluding carboxylic acids is 2. The zero-order valence-electron chi connectivity index (χ0n) is 18.4. The highest BCUT2D eigenvalue weighted by atomic mass is 16.2. The van der Waals surface area contributed by atoms with Crippen LogP contribution in [0.4, 0.5) is 11.4 Å². The minimum Gasteiger partial charge on any atom is -0.326 e. The Morgan fingerprint density at radius 3 is 2.50 bits per heavy atom. The third kappa shape index (κ3) is 4.89. The van der Waals surface area contributed by atoms with E-state index in [9.17, 15) is 9.59 Å². The molecule has 1 unspecified atom stereocenters. The number of hydrogen-bond donors (Lipinski definition) is 2. The first-order valence-corrected chi connectivity index (χ1v) is 11.1. The minimum atomic E-state index is -0.329. The molecule has 32 heavy (non-hydrogen) atoms. The number of amides is 2. The number of rotatable bonds is 7. The van der Waals surface area contributed by atoms with Gasteiger partial charge >= 0.3 is 0 Å². The molecule has 0 aliphatic carbocycles. The summed E-state index contributed by atoms with van der Waals surface area (Å²) in [7, 11) is 0. The van der Waals surface area contributed by atoms with E-state index in [4.69, 9.17) is 5.73 Å². The summed E-state index contributed by atoms with van der Waals surface area (Å²) in [5.41, 5.74) is 11.5. The topological polar surface area (TPSA) is 75.4 Å². The molecular weight excluding hydrogens is 398 g/mol. The molecule has 5 heteroatoms. The molecule has 3 N–H and O–H groups in total. The molecule has 1 fully saturated rings. The summed E-state index contributed by atoms with van der Waals surface area (Å²) in [5.74, 6) is -0.225. The lowest BCUT2D eigenvalue weighted by atomic mass is 9.90. The number of nitrogens with one attached hydrogen (secondary N) is 1. The zero-order valence-corrected chi connectivity index (χ0v) is 18.4. The molecule has 2 amide bonds. The largest absolute Gasteiger partial charge is 0.326 e. The fraction of sp³-hybridized carbons (Fsp3) is 0.259. The Morgan fingerprint density at radius 1 is 1.03 bits per heavy atom. The van der Waals surface area contributed by atoms with E-state index < -0.39 is 0 Å². The Balaban J connectivity index is 1.56. The number of nitrogens with two attached hydrogens (primary N) is 1. The lowest BCUT2D eigenvalue weighted by Crippen LogP contribution is -2.25. The van der Waals surface area contributed by atoms with Crippen molar-refractivity contribution in [1.82, 2.24) is 0 Å². The molecule has 3 aromatic rings. The predicted molar refractivity (Wildman–Crippen MR) is 129 cm³/mol. The number of anilines is 2. The van der Waals surface area contributed by atoms with Crippen LogP contribution in [-0.2, 0) is 22.6 Å². The Labute approximate surface area is 189 Å². The molecular formula is C27H29N3O2. The van der Waals surface area contributed by atoms with E-state index in [-0.39, 0.29) is 17.7 Å². The van der Waals surface area contributed by atoms with Crippen molar-refractivity contribution >= 4 is 23.2 Å². The lowest BCUT2D eigenvalue weighted by molar-refractivity contribution is -0.118. The standard InChI is InChI=1S/C27H29N3O2/c1-19-15-23(12-13-25(19)30-14-6-11-26(30)31)29-27(32)24(22-9-3-2-4-10-22)17-20-7-5-8-21(16-20)18-28/h2-5,7-10,12-13,15-16,24H,6,11,14,17-18,28H2,1H3,(H,29,32). The van der Waals surface area contributed by atoms with Gasteiger partial charge in [0, 0.05) is 30.9 Å². The van der Waals surface area contributed by atoms with Crippen molar-refractivity contribution < 1.29 is 9.59 Å². The molecule has 164 valence electrons. The summed E-state index contributed by atoms with van der Waals surface area (Å²) < 4.78 is 0. The van der Waals surface area contributed by atoms with Gasteiger partial charge in [-0.2, -0.15) is 0 Å². The van der Waals surface area contributed by atoms with Gasteiger partial charge in [-0.25, -0.2) is 0 Å². The smallest absolute Gasteiger partial charge is 0.232 e. The van der Waals surface area contributed by atoms with Gasteiger partial charge in [0.15, 0.2) is 0 Å². The number of benzene rings is 3. The van der Waals surface area contributed by atoms with Crippen LogP contribution >= 0.6 is 0 Å². The first-order chi connectivity index (χ1) is 15.5. The maximum Gasteiger partial charge on any atom is 0.232 e. The number of carbonyl (C=O) groups is 2. The molecule has 1 aliphatic rings. The lowest BCUT2D eigenvalue weighted by Gasteiger charge is -2.21. The molecule has 0 spiro atoms. The number of nitrogens with zero attached hydrogens (tertiary/aromatic N) is 1. The quantitative estimate of drug-likeness (QED) is 0.581. The molecule has 1 saturated heterocycles. The van der Waals surface area contributed by atoms with Crippen LogP contribution in [0.3, 0.4) is 0 Å². The summed E-state index contributed by atoms with van der Waals surface area (Å²) in [6, 6.07) is 23.7. The van der Waals surface area contributed by atoms with E-state index in [0.29, 0.717) is 19.4 Å². The van der Waals surface area contributed by atoms with Gasteiger partial charge in [0.25, 0.3) is 0 Å². The van der Waals surface area contributed by atoms with E-state index in [2.05, 4.69) is 11.4 Å². The Bertz CT molecular complexity index is 1110. The van der Waals surface area contributed by atoms with Crippen LogP contribution in [0.25, 0.3) is 0 Å². The molecule has 0 radical (unpaired) electrons. The highest BCUT2D eigenvalue weighted by Crippen LogP contribution is 2.29. The van der Waals surface area contributed by atoms with Crippen LogP contribution in [0.2, 0.25) is 0 Å². The monoisotopic (exact) mass is 427 g/mol. The molecule has 5 nitrogen and oxygen atoms in total. The highest BCUT2D eigenvalue weighted by Gasteiger charge is 2.24. The first-order valence-electron chi connectivity index (χ1n) is 11.1. The van der Waals surface area contributed by atoms with E-state index in [1.807, 2.05) is 78.6 Å². The van der Waals surface area contributed by atoms with Gasteiger partial charge in [0.05, 0.1) is 5.92 Å². The van der Waals surface area contributed by atoms with Crippen molar-refractivity contribution in [2.75, 3.05) is 16.8 Å². The van der Waals surface area contributed by atoms with E-state index >= 15 is 0 Å². The molecule has 3 aromatic carbocycles. The van der Waals surface area contributed by atoms with Crippen LogP contribution in [0.15, 0.2) is 72.8 Å². The minimum absolute atomic E-state index is 0.0567. The Morgan fingerprint density at radius 2 is 1.81 bits per heavy atom. The van der Waals surface area contributed by atoms with Crippen molar-refractivity contribution in [3.63, 3.8) is 0 Å². The number of aryl methyl sites for hydroxylation is 1. The third-order valence-electron chi connectivity index (χ3n) is 6.01. The highest BCUT2D eigenvalue weighted by molar-refractivity contribution is 5.98. The van der Waals surface area contributed by atoms with E-state index in [1.165, 1.54) is 0 Å². The van der Waals surface area contributed by atoms with Crippen LogP contribution in [0.5, 0.6) is 0 Å². The maximum absolute atomic E-state index is 13.4. The molecule has 4 rings (SSSR count). The molecule has 0 saturated carbocycles. The zero-order chi connectivity index (χ0) is 22.5. The summed E-state index contributed by atoms with van der Waals surface area (Å²) in [4.78, 5) is 27.3. The summed E-state index contributed by atoms with van der Waals surface area (Å²) in [5, 5.41) is 3.09. The normalized spacial score (nSPS) is 14.4. The first kappa shape index (κ1) is 21.8. The summed E-state index contributed by atoms with van der Waals surface area (Å²) in [6.07, 6.45) is 2.08. The van der Waals surface area contributed by atoms with Crippen LogP contribution in [-0.4, -0.2) is 18.4 Å². The SMILES string of the molecule is Cc1cc(NC(=O)C(Cc2cccc(CN)c2)c2ccccc2)ccc1N1CCCC1=O. The van der Waals surface area contributed by atoms with Gasteiger partial charge in [-0.05, 0) is 60.2 Å². The van der Waals surface area contributed by atoms with E-state index in [0.717, 1.165) is 46.6 Å². The van der Waals surface area contributed by atoms with Gasteiger partial charge in [-0.15, -0.1) is 0 Å². The number of hydrogen-bond acceptors (Lipinski definition) is 3. The summed E-state index contributed by atoms with van der Waals surface area (Å²) in [6.45, 7) is 3.20. The van der Waals surface area contributed by atoms with Gasteiger partial charge in [-0.1, -0.05) is 54.6 Å². The Kier molecular flexibility index (Phi) is 6.66. The van der Waals surface area contributed by atoms with Crippen molar-refractivity contribution in [3.8, 4) is 0 Å². The second kappa shape index (κ2) is 9.79. The van der Waals surface area contributed by atoms with Crippen LogP contribution < -0.4 is 16.0 Å².